The molecule has 5 rings (SSSR count). The number of hydrogen-bond donors (Lipinski definition) is 2. The van der Waals surface area contributed by atoms with Gasteiger partial charge in [-0.05, 0) is 24.2 Å². The lowest BCUT2D eigenvalue weighted by molar-refractivity contribution is 1.52. The molecule has 94 valence electrons. The van der Waals surface area contributed by atoms with Crippen LogP contribution in [0.1, 0.15) is 11.0 Å². The predicted octanol–water partition coefficient (Wildman–Crippen LogP) is 4.96. The summed E-state index contributed by atoms with van der Waals surface area (Å²) >= 11 is 0. The summed E-state index contributed by atoms with van der Waals surface area (Å²) < 4.78 is 65.1. The highest BCUT2D eigenvalue weighted by Gasteiger charge is 2.08. The Hall–Kier alpha value is -2.74. The van der Waals surface area contributed by atoms with Crippen molar-refractivity contribution in [3.05, 3.63) is 60.5 Å². The van der Waals surface area contributed by atoms with E-state index in [4.69, 9.17) is 11.0 Å². The Morgan fingerprint density at radius 3 is 1.70 bits per heavy atom. The lowest BCUT2D eigenvalue weighted by atomic mass is 10.1. The zero-order valence-electron chi connectivity index (χ0n) is 18.2. The first kappa shape index (κ1) is 5.33. The molecule has 2 N–H and O–H groups in total. The molecule has 0 bridgehead atoms. The van der Waals surface area contributed by atoms with Crippen molar-refractivity contribution in [1.82, 2.24) is 9.97 Å². The Morgan fingerprint density at radius 2 is 1.15 bits per heavy atom. The van der Waals surface area contributed by atoms with Crippen LogP contribution in [0.3, 0.4) is 0 Å². The maximum atomic E-state index is 8.75. The minimum atomic E-state index is -0.228. The van der Waals surface area contributed by atoms with Gasteiger partial charge in [0.15, 0.2) is 0 Å². The third-order valence-corrected chi connectivity index (χ3v) is 3.53. The molecule has 20 heavy (non-hydrogen) atoms. The van der Waals surface area contributed by atoms with Crippen molar-refractivity contribution in [2.24, 2.45) is 0 Å². The quantitative estimate of drug-likeness (QED) is 0.396. The Labute approximate surface area is 126 Å². The smallest absolute Gasteiger partial charge is 0.0667 e. The number of rotatable bonds is 0. The summed E-state index contributed by atoms with van der Waals surface area (Å²) in [6.45, 7) is 0. The summed E-state index contributed by atoms with van der Waals surface area (Å²) in [5, 5.41) is 1.57. The minimum absolute atomic E-state index is 0.0309. The average molecular weight is 264 g/mol. The maximum Gasteiger partial charge on any atom is 0.0667 e. The maximum absolute atomic E-state index is 8.75. The molecule has 0 unspecified atom stereocenters. The molecule has 0 saturated heterocycles. The molecule has 2 aromatic heterocycles. The molecule has 0 amide bonds. The Bertz CT molecular complexity index is 1390. The van der Waals surface area contributed by atoms with Crippen LogP contribution < -0.4 is 0 Å². The fourth-order valence-corrected chi connectivity index (χ4v) is 2.63. The second-order valence-electron chi connectivity index (χ2n) is 4.65. The van der Waals surface area contributed by atoms with Gasteiger partial charge in [-0.2, -0.15) is 0 Å². The summed E-state index contributed by atoms with van der Waals surface area (Å²) in [5.41, 5.74) is 1.21. The number of aromatic amines is 2. The normalized spacial score (nSPS) is 17.6. The van der Waals surface area contributed by atoms with Crippen LogP contribution in [0.4, 0.5) is 0 Å². The van der Waals surface area contributed by atoms with Gasteiger partial charge in [0.1, 0.15) is 0 Å². The molecule has 2 nitrogen and oxygen atoms in total. The van der Waals surface area contributed by atoms with E-state index < -0.39 is 0 Å². The van der Waals surface area contributed by atoms with Gasteiger partial charge >= 0.3 is 0 Å². The van der Waals surface area contributed by atoms with Crippen LogP contribution >= 0.6 is 0 Å². The van der Waals surface area contributed by atoms with Crippen LogP contribution in [0, 0.1) is 0 Å². The molecule has 0 fully saturated rings. The average Bonchev–Trinajstić information content (AvgIpc) is 3.22. The lowest BCUT2D eigenvalue weighted by Crippen LogP contribution is -1.70. The number of fused-ring (bicyclic) bond motifs is 6. The van der Waals surface area contributed by atoms with Crippen molar-refractivity contribution in [1.29, 1.82) is 0 Å². The van der Waals surface area contributed by atoms with Gasteiger partial charge < -0.3 is 9.97 Å². The van der Waals surface area contributed by atoms with Gasteiger partial charge in [0.25, 0.3) is 0 Å². The number of H-pyrrole nitrogens is 2. The molecule has 0 saturated carbocycles. The molecule has 0 spiro atoms. The van der Waals surface area contributed by atoms with Crippen molar-refractivity contribution < 1.29 is 11.0 Å². The highest BCUT2D eigenvalue weighted by Crippen LogP contribution is 2.32. The molecule has 0 aliphatic carbocycles. The van der Waals surface area contributed by atoms with Crippen LogP contribution in [0.25, 0.3) is 43.6 Å². The van der Waals surface area contributed by atoms with Gasteiger partial charge in [-0.3, -0.25) is 0 Å². The topological polar surface area (TPSA) is 31.6 Å². The highest BCUT2D eigenvalue weighted by molar-refractivity contribution is 6.17. The summed E-state index contributed by atoms with van der Waals surface area (Å²) in [7, 11) is 0. The Morgan fingerprint density at radius 1 is 0.600 bits per heavy atom. The fourth-order valence-electron chi connectivity index (χ4n) is 2.63. The number of benzene rings is 3. The minimum Gasteiger partial charge on any atom is -0.354 e. The highest BCUT2D eigenvalue weighted by atomic mass is 14.7. The van der Waals surface area contributed by atoms with Crippen LogP contribution in [-0.2, 0) is 0 Å². The number of aromatic nitrogens is 2. The molecule has 3 aromatic carbocycles. The summed E-state index contributed by atoms with van der Waals surface area (Å²) in [5.74, 6) is 0. The monoisotopic (exact) mass is 264 g/mol. The first-order chi connectivity index (χ1) is 13.2. The zero-order chi connectivity index (χ0) is 20.1. The third-order valence-electron chi connectivity index (χ3n) is 3.53. The molecule has 2 heteroatoms. The first-order valence-electron chi connectivity index (χ1n) is 10.2. The fraction of sp³-hybridized carbons (Fsp3) is 0. The van der Waals surface area contributed by atoms with Crippen molar-refractivity contribution in [3.63, 3.8) is 0 Å². The second-order valence-corrected chi connectivity index (χ2v) is 4.65. The van der Waals surface area contributed by atoms with E-state index >= 15 is 0 Å². The van der Waals surface area contributed by atoms with Crippen LogP contribution in [-0.4, -0.2) is 9.97 Å². The third kappa shape index (κ3) is 1.18. The van der Waals surface area contributed by atoms with E-state index in [1.807, 2.05) is 0 Å². The van der Waals surface area contributed by atoms with Gasteiger partial charge in [-0.25, -0.2) is 0 Å². The van der Waals surface area contributed by atoms with Gasteiger partial charge in [0, 0.05) is 43.6 Å². The van der Waals surface area contributed by atoms with Gasteiger partial charge in [0.2, 0.25) is 0 Å². The van der Waals surface area contributed by atoms with E-state index in [0.717, 1.165) is 0 Å². The lowest BCUT2D eigenvalue weighted by Gasteiger charge is -1.94. The van der Waals surface area contributed by atoms with E-state index in [1.54, 1.807) is 0 Å². The van der Waals surface area contributed by atoms with Gasteiger partial charge in [-0.15, -0.1) is 0 Å². The number of hydrogen-bond acceptors (Lipinski definition) is 0. The zero-order valence-corrected chi connectivity index (χ0v) is 10.2. The van der Waals surface area contributed by atoms with E-state index in [2.05, 4.69) is 9.97 Å². The molecule has 5 aromatic rings. The van der Waals surface area contributed by atoms with Crippen LogP contribution in [0.2, 0.25) is 0 Å². The molecule has 2 heterocycles. The van der Waals surface area contributed by atoms with E-state index in [1.165, 1.54) is 12.1 Å². The standard InChI is InChI=1S/C18H12N2/c1-3-7-15-11(5-1)13-9-14-12-6-2-4-8-16(12)20-18(14)10-17(13)19-15/h1-10,19-20H/i1D,2D,3D,4D,7D,8D,9D,10D. The predicted molar refractivity (Wildman–Crippen MR) is 85.2 cm³/mol. The van der Waals surface area contributed by atoms with E-state index in [9.17, 15) is 0 Å². The second kappa shape index (κ2) is 3.42. The van der Waals surface area contributed by atoms with E-state index in [-0.39, 0.29) is 48.3 Å². The molecule has 0 aliphatic rings. The van der Waals surface area contributed by atoms with Crippen molar-refractivity contribution in [2.45, 2.75) is 0 Å². The van der Waals surface area contributed by atoms with Crippen molar-refractivity contribution >= 4 is 43.6 Å². The molecule has 0 atom stereocenters. The SMILES string of the molecule is [2H]c1cc2c([nH]c3c([2H])c4[nH]c5c([2H])c([2H])c([2H])cc5c4c([2H])c32)c([2H])c1[2H]. The Balaban J connectivity index is 2.10. The molecular formula is C18H12N2. The molecular weight excluding hydrogens is 244 g/mol. The van der Waals surface area contributed by atoms with Gasteiger partial charge in [-0.1, -0.05) is 36.3 Å². The Kier molecular flexibility index (Phi) is 0.912. The molecule has 0 radical (unpaired) electrons. The van der Waals surface area contributed by atoms with Crippen molar-refractivity contribution in [3.8, 4) is 0 Å². The first-order valence-corrected chi connectivity index (χ1v) is 6.15. The number of nitrogens with one attached hydrogen (secondary N) is 2. The summed E-state index contributed by atoms with van der Waals surface area (Å²) in [6, 6.07) is 1.87. The van der Waals surface area contributed by atoms with Crippen molar-refractivity contribution in [2.75, 3.05) is 0 Å². The van der Waals surface area contributed by atoms with Crippen LogP contribution in [0.15, 0.2) is 60.5 Å². The van der Waals surface area contributed by atoms with Gasteiger partial charge in [0.05, 0.1) is 11.0 Å². The van der Waals surface area contributed by atoms with E-state index in [0.29, 0.717) is 43.6 Å². The molecule has 0 aliphatic heterocycles. The number of para-hydroxylation sites is 2. The summed E-state index contributed by atoms with van der Waals surface area (Å²) in [4.78, 5) is 5.92. The van der Waals surface area contributed by atoms with Crippen LogP contribution in [0.5, 0.6) is 0 Å². The summed E-state index contributed by atoms with van der Waals surface area (Å²) in [6.07, 6.45) is 0. The largest absolute Gasteiger partial charge is 0.354 e.